The van der Waals surface area contributed by atoms with Crippen molar-refractivity contribution in [2.45, 2.75) is 27.7 Å². The fourth-order valence-corrected chi connectivity index (χ4v) is 2.64. The first-order valence-electron chi connectivity index (χ1n) is 7.38. The first-order chi connectivity index (χ1) is 10.2. The van der Waals surface area contributed by atoms with Crippen molar-refractivity contribution in [3.05, 3.63) is 10.6 Å². The van der Waals surface area contributed by atoms with Gasteiger partial charge in [-0.15, -0.1) is 11.3 Å². The Balaban J connectivity index is 2.67. The maximum atomic E-state index is 12.2. The molecule has 0 unspecified atom stereocenters. The molecule has 2 amide bonds. The lowest BCUT2D eigenvalue weighted by molar-refractivity contribution is -0.137. The molecule has 1 N–H and O–H groups in total. The highest BCUT2D eigenvalue weighted by Crippen LogP contribution is 2.20. The molecule has 0 aliphatic carbocycles. The summed E-state index contributed by atoms with van der Waals surface area (Å²) in [6.07, 6.45) is 0. The van der Waals surface area contributed by atoms with E-state index in [0.717, 1.165) is 17.1 Å². The highest BCUT2D eigenvalue weighted by Gasteiger charge is 2.20. The zero-order chi connectivity index (χ0) is 16.9. The molecule has 0 spiro atoms. The number of likely N-dealkylation sites (N-methyl/N-ethyl adjacent to an activating group) is 1. The lowest BCUT2D eigenvalue weighted by Gasteiger charge is -2.25. The van der Waals surface area contributed by atoms with Gasteiger partial charge in [0, 0.05) is 23.9 Å². The zero-order valence-electron chi connectivity index (χ0n) is 14.3. The molecule has 6 nitrogen and oxygen atoms in total. The van der Waals surface area contributed by atoms with Gasteiger partial charge >= 0.3 is 0 Å². The molecule has 1 rings (SSSR count). The number of hydrogen-bond donors (Lipinski definition) is 1. The molecule has 0 radical (unpaired) electrons. The summed E-state index contributed by atoms with van der Waals surface area (Å²) in [7, 11) is 3.89. The third-order valence-electron chi connectivity index (χ3n) is 3.23. The van der Waals surface area contributed by atoms with E-state index in [4.69, 9.17) is 0 Å². The second-order valence-corrected chi connectivity index (χ2v) is 7.13. The molecule has 0 saturated carbocycles. The van der Waals surface area contributed by atoms with Crippen LogP contribution in [0.25, 0.3) is 0 Å². The maximum Gasteiger partial charge on any atom is 0.245 e. The molecule has 0 atom stereocenters. The molecule has 0 aliphatic rings. The summed E-state index contributed by atoms with van der Waals surface area (Å²) in [5.41, 5.74) is 0.919. The molecule has 0 aromatic carbocycles. The van der Waals surface area contributed by atoms with Gasteiger partial charge in [-0.3, -0.25) is 9.59 Å². The topological polar surface area (TPSA) is 65.5 Å². The Morgan fingerprint density at radius 3 is 2.32 bits per heavy atom. The van der Waals surface area contributed by atoms with E-state index in [1.807, 2.05) is 46.7 Å². The molecule has 0 bridgehead atoms. The van der Waals surface area contributed by atoms with Crippen molar-refractivity contribution < 1.29 is 9.59 Å². The highest BCUT2D eigenvalue weighted by molar-refractivity contribution is 7.15. The average Bonchev–Trinajstić information content (AvgIpc) is 2.71. The van der Waals surface area contributed by atoms with Gasteiger partial charge in [0.1, 0.15) is 0 Å². The summed E-state index contributed by atoms with van der Waals surface area (Å²) >= 11 is 1.45. The number of thiazole rings is 1. The molecular weight excluding hydrogens is 300 g/mol. The smallest absolute Gasteiger partial charge is 0.245 e. The van der Waals surface area contributed by atoms with Crippen LogP contribution in [0.5, 0.6) is 0 Å². The van der Waals surface area contributed by atoms with Crippen molar-refractivity contribution in [3.8, 4) is 0 Å². The van der Waals surface area contributed by atoms with Crippen molar-refractivity contribution in [2.24, 2.45) is 5.92 Å². The van der Waals surface area contributed by atoms with E-state index in [2.05, 4.69) is 10.3 Å². The van der Waals surface area contributed by atoms with E-state index >= 15 is 0 Å². The van der Waals surface area contributed by atoms with Gasteiger partial charge in [-0.1, -0.05) is 13.8 Å². The van der Waals surface area contributed by atoms with Gasteiger partial charge in [0.25, 0.3) is 0 Å². The molecule has 0 aliphatic heterocycles. The molecule has 0 fully saturated rings. The Labute approximate surface area is 136 Å². The lowest BCUT2D eigenvalue weighted by Crippen LogP contribution is -2.43. The molecule has 1 heterocycles. The predicted molar refractivity (Wildman–Crippen MR) is 90.2 cm³/mol. The number of carbonyl (C=O) groups excluding carboxylic acids is 2. The number of rotatable bonds is 7. The van der Waals surface area contributed by atoms with Crippen LogP contribution < -0.4 is 5.32 Å². The average molecular weight is 326 g/mol. The predicted octanol–water partition coefficient (Wildman–Crippen LogP) is 1.74. The zero-order valence-corrected chi connectivity index (χ0v) is 15.1. The molecule has 22 heavy (non-hydrogen) atoms. The number of aromatic nitrogens is 1. The van der Waals surface area contributed by atoms with E-state index < -0.39 is 0 Å². The van der Waals surface area contributed by atoms with Crippen molar-refractivity contribution in [1.29, 1.82) is 0 Å². The first kappa shape index (κ1) is 18.6. The molecule has 1 aromatic rings. The van der Waals surface area contributed by atoms with E-state index in [9.17, 15) is 9.59 Å². The van der Waals surface area contributed by atoms with Crippen LogP contribution >= 0.6 is 11.3 Å². The van der Waals surface area contributed by atoms with E-state index in [0.29, 0.717) is 11.7 Å². The van der Waals surface area contributed by atoms with Gasteiger partial charge in [0.2, 0.25) is 11.8 Å². The third-order valence-corrected chi connectivity index (χ3v) is 4.22. The maximum absolute atomic E-state index is 12.2. The third kappa shape index (κ3) is 5.73. The summed E-state index contributed by atoms with van der Waals surface area (Å²) in [6, 6.07) is 0. The van der Waals surface area contributed by atoms with E-state index in [-0.39, 0.29) is 24.3 Å². The Kier molecular flexibility index (Phi) is 6.96. The van der Waals surface area contributed by atoms with Crippen LogP contribution in [0.1, 0.15) is 24.4 Å². The minimum atomic E-state index is -0.207. The second-order valence-electron chi connectivity index (χ2n) is 5.93. The number of aryl methyl sites for hydroxylation is 2. The molecule has 7 heteroatoms. The summed E-state index contributed by atoms with van der Waals surface area (Å²) in [5.74, 6) is -0.343. The first-order valence-corrected chi connectivity index (χ1v) is 8.19. The SMILES string of the molecule is Cc1nc(NC(=O)CN(CCN(C)C)C(=O)C(C)C)sc1C. The Bertz CT molecular complexity index is 506. The standard InChI is InChI=1S/C15H26N4O2S/c1-10(2)14(21)19(8-7-18(5)6)9-13(20)17-15-16-11(3)12(4)22-15/h10H,7-9H2,1-6H3,(H,16,17,20). The fourth-order valence-electron chi connectivity index (χ4n) is 1.81. The minimum Gasteiger partial charge on any atom is -0.332 e. The van der Waals surface area contributed by atoms with Gasteiger partial charge in [0.05, 0.1) is 12.2 Å². The van der Waals surface area contributed by atoms with Gasteiger partial charge in [-0.05, 0) is 27.9 Å². The van der Waals surface area contributed by atoms with Crippen molar-refractivity contribution in [1.82, 2.24) is 14.8 Å². The Hall–Kier alpha value is -1.47. The van der Waals surface area contributed by atoms with Crippen LogP contribution in [-0.2, 0) is 9.59 Å². The number of carbonyl (C=O) groups is 2. The van der Waals surface area contributed by atoms with Crippen LogP contribution in [0, 0.1) is 19.8 Å². The molecule has 0 saturated heterocycles. The van der Waals surface area contributed by atoms with Gasteiger partial charge in [0.15, 0.2) is 5.13 Å². The van der Waals surface area contributed by atoms with E-state index in [1.165, 1.54) is 11.3 Å². The normalized spacial score (nSPS) is 11.1. The molecular formula is C15H26N4O2S. The number of hydrogen-bond acceptors (Lipinski definition) is 5. The molecule has 1 aromatic heterocycles. The minimum absolute atomic E-state index is 0.0106. The summed E-state index contributed by atoms with van der Waals surface area (Å²) in [5, 5.41) is 3.36. The quantitative estimate of drug-likeness (QED) is 0.829. The van der Waals surface area contributed by atoms with Crippen molar-refractivity contribution in [2.75, 3.05) is 39.0 Å². The second kappa shape index (κ2) is 8.24. The Morgan fingerprint density at radius 2 is 1.86 bits per heavy atom. The van der Waals surface area contributed by atoms with E-state index in [1.54, 1.807) is 4.90 Å². The monoisotopic (exact) mass is 326 g/mol. The molecule has 124 valence electrons. The van der Waals surface area contributed by atoms with Gasteiger partial charge in [-0.2, -0.15) is 0 Å². The number of nitrogens with zero attached hydrogens (tertiary/aromatic N) is 3. The fraction of sp³-hybridized carbons (Fsp3) is 0.667. The van der Waals surface area contributed by atoms with Crippen LogP contribution in [0.15, 0.2) is 0 Å². The number of anilines is 1. The van der Waals surface area contributed by atoms with Crippen molar-refractivity contribution >= 4 is 28.3 Å². The van der Waals surface area contributed by atoms with Crippen LogP contribution in [0.3, 0.4) is 0 Å². The van der Waals surface area contributed by atoms with Crippen LogP contribution in [-0.4, -0.2) is 60.3 Å². The summed E-state index contributed by atoms with van der Waals surface area (Å²) < 4.78 is 0. The van der Waals surface area contributed by atoms with Crippen molar-refractivity contribution in [3.63, 3.8) is 0 Å². The lowest BCUT2D eigenvalue weighted by atomic mass is 10.2. The largest absolute Gasteiger partial charge is 0.332 e. The number of amides is 2. The van der Waals surface area contributed by atoms with Gasteiger partial charge < -0.3 is 15.1 Å². The highest BCUT2D eigenvalue weighted by atomic mass is 32.1. The number of nitrogens with one attached hydrogen (secondary N) is 1. The summed E-state index contributed by atoms with van der Waals surface area (Å²) in [6.45, 7) is 8.88. The van der Waals surface area contributed by atoms with Crippen LogP contribution in [0.4, 0.5) is 5.13 Å². The summed E-state index contributed by atoms with van der Waals surface area (Å²) in [4.78, 5) is 33.3. The van der Waals surface area contributed by atoms with Gasteiger partial charge in [-0.25, -0.2) is 4.98 Å². The van der Waals surface area contributed by atoms with Crippen LogP contribution in [0.2, 0.25) is 0 Å². The Morgan fingerprint density at radius 1 is 1.23 bits per heavy atom.